The van der Waals surface area contributed by atoms with Gasteiger partial charge in [0.1, 0.15) is 0 Å². The zero-order chi connectivity index (χ0) is 19.3. The summed E-state index contributed by atoms with van der Waals surface area (Å²) in [4.78, 5) is 6.20. The largest absolute Gasteiger partial charge is 0.379 e. The van der Waals surface area contributed by atoms with Gasteiger partial charge in [0, 0.05) is 40.3 Å². The van der Waals surface area contributed by atoms with Gasteiger partial charge in [-0.1, -0.05) is 18.2 Å². The fourth-order valence-corrected chi connectivity index (χ4v) is 4.65. The molecule has 0 aromatic heterocycles. The lowest BCUT2D eigenvalue weighted by molar-refractivity contribution is 0.115. The molecule has 1 aliphatic heterocycles. The fraction of sp³-hybridized carbons (Fsp3) is 0.632. The van der Waals surface area contributed by atoms with Crippen LogP contribution in [0.4, 0.5) is 5.69 Å². The third kappa shape index (κ3) is 6.21. The molecule has 158 valence electrons. The summed E-state index contributed by atoms with van der Waals surface area (Å²) in [6.45, 7) is 3.06. The number of ether oxygens (including phenoxy) is 1. The molecule has 0 amide bonds. The molecule has 0 atom stereocenters. The Morgan fingerprint density at radius 2 is 2.11 bits per heavy atom. The van der Waals surface area contributed by atoms with Gasteiger partial charge in [-0.15, -0.1) is 24.0 Å². The van der Waals surface area contributed by atoms with Gasteiger partial charge in [-0.25, -0.2) is 8.42 Å². The van der Waals surface area contributed by atoms with Gasteiger partial charge in [0.2, 0.25) is 10.0 Å². The lowest BCUT2D eigenvalue weighted by Crippen LogP contribution is -2.43. The van der Waals surface area contributed by atoms with Crippen molar-refractivity contribution in [1.29, 1.82) is 0 Å². The van der Waals surface area contributed by atoms with Crippen molar-refractivity contribution in [1.82, 2.24) is 10.2 Å². The molecule has 0 unspecified atom stereocenters. The van der Waals surface area contributed by atoms with Crippen LogP contribution < -0.4 is 9.62 Å². The second kappa shape index (κ2) is 10.6. The highest BCUT2D eigenvalue weighted by Gasteiger charge is 2.28. The van der Waals surface area contributed by atoms with E-state index in [1.165, 1.54) is 17.1 Å². The lowest BCUT2D eigenvalue weighted by atomic mass is 10.2. The molecule has 0 saturated heterocycles. The Balaban J connectivity index is 0.00000280. The SMILES string of the molecule is CN=C(NCCS(=O)(=O)N1CCc2ccccc21)N(C)CCOCC1CC1.I. The molecule has 1 heterocycles. The van der Waals surface area contributed by atoms with Crippen molar-refractivity contribution < 1.29 is 13.2 Å². The van der Waals surface area contributed by atoms with E-state index in [2.05, 4.69) is 10.3 Å². The van der Waals surface area contributed by atoms with Crippen molar-refractivity contribution in [2.24, 2.45) is 10.9 Å². The van der Waals surface area contributed by atoms with Crippen LogP contribution in [0.3, 0.4) is 0 Å². The Bertz CT molecular complexity index is 768. The summed E-state index contributed by atoms with van der Waals surface area (Å²) in [5, 5.41) is 3.15. The van der Waals surface area contributed by atoms with Crippen LogP contribution in [-0.4, -0.2) is 72.0 Å². The van der Waals surface area contributed by atoms with Crippen LogP contribution >= 0.6 is 24.0 Å². The Morgan fingerprint density at radius 1 is 1.36 bits per heavy atom. The number of likely N-dealkylation sites (N-methyl/N-ethyl adjacent to an activating group) is 1. The van der Waals surface area contributed by atoms with Gasteiger partial charge in [0.25, 0.3) is 0 Å². The number of nitrogens with one attached hydrogen (secondary N) is 1. The number of halogens is 1. The number of benzene rings is 1. The molecule has 7 nitrogen and oxygen atoms in total. The van der Waals surface area contributed by atoms with E-state index >= 15 is 0 Å². The standard InChI is InChI=1S/C19H30N4O3S.HI/c1-20-19(22(2)12-13-26-15-16-7-8-16)21-10-14-27(24,25)23-11-9-17-5-3-4-6-18(17)23;/h3-6,16H,7-15H2,1-2H3,(H,20,21);1H. The van der Waals surface area contributed by atoms with E-state index in [0.717, 1.165) is 36.7 Å². The zero-order valence-corrected chi connectivity index (χ0v) is 19.8. The second-order valence-corrected chi connectivity index (χ2v) is 9.19. The molecule has 0 bridgehead atoms. The minimum Gasteiger partial charge on any atom is -0.379 e. The van der Waals surface area contributed by atoms with Crippen molar-refractivity contribution >= 4 is 45.6 Å². The second-order valence-electron chi connectivity index (χ2n) is 7.18. The summed E-state index contributed by atoms with van der Waals surface area (Å²) in [5.41, 5.74) is 1.91. The van der Waals surface area contributed by atoms with Gasteiger partial charge in [0.05, 0.1) is 18.0 Å². The van der Waals surface area contributed by atoms with Crippen molar-refractivity contribution in [2.45, 2.75) is 19.3 Å². The molecule has 0 radical (unpaired) electrons. The number of aliphatic imine (C=N–C) groups is 1. The number of rotatable bonds is 9. The first kappa shape index (κ1) is 23.2. The number of fused-ring (bicyclic) bond motifs is 1. The molecule has 28 heavy (non-hydrogen) atoms. The van der Waals surface area contributed by atoms with Crippen LogP contribution in [0.1, 0.15) is 18.4 Å². The number of sulfonamides is 1. The van der Waals surface area contributed by atoms with Gasteiger partial charge in [0.15, 0.2) is 5.96 Å². The summed E-state index contributed by atoms with van der Waals surface area (Å²) < 4.78 is 32.6. The zero-order valence-electron chi connectivity index (χ0n) is 16.6. The van der Waals surface area contributed by atoms with Crippen molar-refractivity contribution in [2.75, 3.05) is 57.0 Å². The summed E-state index contributed by atoms with van der Waals surface area (Å²) in [5.74, 6) is 1.47. The summed E-state index contributed by atoms with van der Waals surface area (Å²) >= 11 is 0. The first-order chi connectivity index (χ1) is 13.0. The topological polar surface area (TPSA) is 74.2 Å². The van der Waals surface area contributed by atoms with Crippen molar-refractivity contribution in [3.8, 4) is 0 Å². The average molecular weight is 522 g/mol. The average Bonchev–Trinajstić information content (AvgIpc) is 3.37. The minimum absolute atomic E-state index is 0. The van der Waals surface area contributed by atoms with E-state index in [1.54, 1.807) is 7.05 Å². The predicted octanol–water partition coefficient (Wildman–Crippen LogP) is 1.93. The Kier molecular flexibility index (Phi) is 8.81. The molecular formula is C19H31IN4O3S. The third-order valence-corrected chi connectivity index (χ3v) is 6.79. The minimum atomic E-state index is -3.35. The molecule has 1 fully saturated rings. The summed E-state index contributed by atoms with van der Waals surface area (Å²) in [7, 11) is 0.281. The number of nitrogens with zero attached hydrogens (tertiary/aromatic N) is 3. The molecule has 0 spiro atoms. The number of anilines is 1. The highest BCUT2D eigenvalue weighted by atomic mass is 127. The van der Waals surface area contributed by atoms with E-state index in [0.29, 0.717) is 25.7 Å². The van der Waals surface area contributed by atoms with Crippen molar-refractivity contribution in [3.63, 3.8) is 0 Å². The quantitative estimate of drug-likeness (QED) is 0.232. The Labute approximate surface area is 185 Å². The Morgan fingerprint density at radius 3 is 2.82 bits per heavy atom. The molecular weight excluding hydrogens is 491 g/mol. The monoisotopic (exact) mass is 522 g/mol. The van der Waals surface area contributed by atoms with E-state index < -0.39 is 10.0 Å². The number of para-hydroxylation sites is 1. The van der Waals surface area contributed by atoms with Gasteiger partial charge in [-0.05, 0) is 36.8 Å². The van der Waals surface area contributed by atoms with Crippen LogP contribution in [0.25, 0.3) is 0 Å². The normalized spacial score (nSPS) is 16.5. The molecule has 1 aromatic rings. The third-order valence-electron chi connectivity index (χ3n) is 5.02. The van der Waals surface area contributed by atoms with Crippen molar-refractivity contribution in [3.05, 3.63) is 29.8 Å². The molecule has 1 aliphatic carbocycles. The van der Waals surface area contributed by atoms with E-state index in [4.69, 9.17) is 4.74 Å². The molecule has 2 aliphatic rings. The number of guanidine groups is 1. The van der Waals surface area contributed by atoms with Crippen LogP contribution in [0.2, 0.25) is 0 Å². The maximum atomic E-state index is 12.7. The van der Waals surface area contributed by atoms with Crippen LogP contribution in [0, 0.1) is 5.92 Å². The van der Waals surface area contributed by atoms with Gasteiger partial charge < -0.3 is 15.0 Å². The first-order valence-electron chi connectivity index (χ1n) is 9.59. The first-order valence-corrected chi connectivity index (χ1v) is 11.2. The van der Waals surface area contributed by atoms with Crippen LogP contribution in [-0.2, 0) is 21.2 Å². The van der Waals surface area contributed by atoms with Gasteiger partial charge in [-0.2, -0.15) is 0 Å². The summed E-state index contributed by atoms with van der Waals surface area (Å²) in [6, 6.07) is 7.70. The highest BCUT2D eigenvalue weighted by Crippen LogP contribution is 2.30. The van der Waals surface area contributed by atoms with E-state index in [1.807, 2.05) is 36.2 Å². The Hall–Kier alpha value is -1.07. The maximum absolute atomic E-state index is 12.7. The van der Waals surface area contributed by atoms with Crippen LogP contribution in [0.5, 0.6) is 0 Å². The predicted molar refractivity (Wildman–Crippen MR) is 124 cm³/mol. The molecule has 1 aromatic carbocycles. The molecule has 9 heteroatoms. The lowest BCUT2D eigenvalue weighted by Gasteiger charge is -2.23. The molecule has 3 rings (SSSR count). The summed E-state index contributed by atoms with van der Waals surface area (Å²) in [6.07, 6.45) is 3.35. The maximum Gasteiger partial charge on any atom is 0.236 e. The van der Waals surface area contributed by atoms with Crippen LogP contribution in [0.15, 0.2) is 29.3 Å². The number of hydrogen-bond acceptors (Lipinski definition) is 4. The fourth-order valence-electron chi connectivity index (χ4n) is 3.23. The van der Waals surface area contributed by atoms with E-state index in [9.17, 15) is 8.42 Å². The van der Waals surface area contributed by atoms with Gasteiger partial charge >= 0.3 is 0 Å². The van der Waals surface area contributed by atoms with Gasteiger partial charge in [-0.3, -0.25) is 9.30 Å². The highest BCUT2D eigenvalue weighted by molar-refractivity contribution is 14.0. The molecule has 1 N–H and O–H groups in total. The smallest absolute Gasteiger partial charge is 0.236 e. The number of hydrogen-bond donors (Lipinski definition) is 1. The van der Waals surface area contributed by atoms with E-state index in [-0.39, 0.29) is 29.7 Å². The molecule has 1 saturated carbocycles.